The maximum Gasteiger partial charge on any atom is 0.201 e. The van der Waals surface area contributed by atoms with E-state index in [4.69, 9.17) is 0 Å². The second-order valence-corrected chi connectivity index (χ2v) is 6.54. The van der Waals surface area contributed by atoms with Crippen LogP contribution in [0.5, 0.6) is 17.2 Å². The van der Waals surface area contributed by atoms with Gasteiger partial charge in [0.15, 0.2) is 11.5 Å². The lowest BCUT2D eigenvalue weighted by molar-refractivity contribution is 0.364. The zero-order valence-corrected chi connectivity index (χ0v) is 13.2. The van der Waals surface area contributed by atoms with Gasteiger partial charge in [-0.3, -0.25) is 0 Å². The number of aromatic hydroxyl groups is 3. The molecule has 0 saturated carbocycles. The van der Waals surface area contributed by atoms with Crippen LogP contribution in [0.2, 0.25) is 0 Å². The van der Waals surface area contributed by atoms with Gasteiger partial charge in [0.2, 0.25) is 5.75 Å². The van der Waals surface area contributed by atoms with Crippen LogP contribution in [0.1, 0.15) is 37.5 Å². The molecule has 2 rings (SSSR count). The Kier molecular flexibility index (Phi) is 3.62. The van der Waals surface area contributed by atoms with Crippen molar-refractivity contribution in [2.45, 2.75) is 40.0 Å². The molecule has 0 unspecified atom stereocenters. The van der Waals surface area contributed by atoms with Crippen LogP contribution in [-0.4, -0.2) is 15.3 Å². The maximum absolute atomic E-state index is 10.4. The summed E-state index contributed by atoms with van der Waals surface area (Å²) in [6, 6.07) is 7.74. The molecule has 21 heavy (non-hydrogen) atoms. The number of hydrogen-bond acceptors (Lipinski definition) is 3. The molecule has 0 aromatic heterocycles. The minimum absolute atomic E-state index is 0.256. The van der Waals surface area contributed by atoms with E-state index in [1.165, 1.54) is 0 Å². The first-order valence-corrected chi connectivity index (χ1v) is 6.99. The van der Waals surface area contributed by atoms with Crippen molar-refractivity contribution < 1.29 is 15.3 Å². The van der Waals surface area contributed by atoms with Gasteiger partial charge < -0.3 is 15.3 Å². The molecule has 0 spiro atoms. The van der Waals surface area contributed by atoms with Gasteiger partial charge in [0, 0.05) is 5.56 Å². The van der Waals surface area contributed by atoms with E-state index in [9.17, 15) is 15.3 Å². The Morgan fingerprint density at radius 3 is 2.00 bits per heavy atom. The van der Waals surface area contributed by atoms with E-state index >= 15 is 0 Å². The van der Waals surface area contributed by atoms with Crippen molar-refractivity contribution >= 4 is 0 Å². The normalized spacial score (nSPS) is 11.7. The Morgan fingerprint density at radius 2 is 1.48 bits per heavy atom. The van der Waals surface area contributed by atoms with E-state index in [1.54, 1.807) is 6.92 Å². The monoisotopic (exact) mass is 286 g/mol. The van der Waals surface area contributed by atoms with Crippen LogP contribution in [0.3, 0.4) is 0 Å². The minimum atomic E-state index is -0.461. The van der Waals surface area contributed by atoms with Crippen molar-refractivity contribution in [2.75, 3.05) is 0 Å². The number of phenols is 3. The van der Waals surface area contributed by atoms with Crippen LogP contribution in [0, 0.1) is 13.8 Å². The van der Waals surface area contributed by atoms with Gasteiger partial charge in [0.25, 0.3) is 0 Å². The molecular formula is C18H22O3. The topological polar surface area (TPSA) is 60.7 Å². The lowest BCUT2D eigenvalue weighted by Crippen LogP contribution is -2.15. The van der Waals surface area contributed by atoms with E-state index in [0.717, 1.165) is 16.7 Å². The fourth-order valence-corrected chi connectivity index (χ4v) is 2.85. The molecule has 2 aromatic carbocycles. The second-order valence-electron chi connectivity index (χ2n) is 6.54. The molecule has 112 valence electrons. The SMILES string of the molecule is Cc1cccc(-c2c(O)c(O)c(O)c(C)c2C(C)(C)C)c1. The van der Waals surface area contributed by atoms with Crippen LogP contribution in [-0.2, 0) is 5.41 Å². The standard InChI is InChI=1S/C18H22O3/c1-10-7-6-8-12(9-10)13-14(18(3,4)5)11(2)15(19)17(21)16(13)20/h6-9,19-21H,1-5H3. The summed E-state index contributed by atoms with van der Waals surface area (Å²) in [5.74, 6) is -0.987. The van der Waals surface area contributed by atoms with E-state index in [0.29, 0.717) is 11.1 Å². The predicted octanol–water partition coefficient (Wildman–Crippen LogP) is 4.38. The van der Waals surface area contributed by atoms with Gasteiger partial charge in [-0.1, -0.05) is 50.6 Å². The highest BCUT2D eigenvalue weighted by Crippen LogP contribution is 2.50. The number of phenolic OH excluding ortho intramolecular Hbond substituents is 3. The van der Waals surface area contributed by atoms with Crippen LogP contribution in [0.4, 0.5) is 0 Å². The average Bonchev–Trinajstić information content (AvgIpc) is 2.38. The predicted molar refractivity (Wildman–Crippen MR) is 85.0 cm³/mol. The molecule has 3 N–H and O–H groups in total. The van der Waals surface area contributed by atoms with Gasteiger partial charge in [-0.15, -0.1) is 0 Å². The van der Waals surface area contributed by atoms with Crippen molar-refractivity contribution in [3.63, 3.8) is 0 Å². The highest BCUT2D eigenvalue weighted by atomic mass is 16.3. The first-order valence-electron chi connectivity index (χ1n) is 6.99. The number of aryl methyl sites for hydroxylation is 1. The molecule has 3 heteroatoms. The first kappa shape index (κ1) is 15.2. The van der Waals surface area contributed by atoms with Crippen molar-refractivity contribution in [3.05, 3.63) is 41.0 Å². The lowest BCUT2D eigenvalue weighted by atomic mass is 9.78. The summed E-state index contributed by atoms with van der Waals surface area (Å²) in [4.78, 5) is 0. The summed E-state index contributed by atoms with van der Waals surface area (Å²) < 4.78 is 0. The van der Waals surface area contributed by atoms with E-state index < -0.39 is 5.75 Å². The largest absolute Gasteiger partial charge is 0.504 e. The van der Waals surface area contributed by atoms with E-state index in [2.05, 4.69) is 0 Å². The molecule has 2 aromatic rings. The first-order chi connectivity index (χ1) is 9.64. The van der Waals surface area contributed by atoms with Crippen molar-refractivity contribution in [1.29, 1.82) is 0 Å². The van der Waals surface area contributed by atoms with Crippen LogP contribution in [0.15, 0.2) is 24.3 Å². The molecule has 0 bridgehead atoms. The van der Waals surface area contributed by atoms with Crippen molar-refractivity contribution in [2.24, 2.45) is 0 Å². The molecule has 0 saturated heterocycles. The van der Waals surface area contributed by atoms with E-state index in [-0.39, 0.29) is 16.9 Å². The molecule has 0 aliphatic rings. The molecular weight excluding hydrogens is 264 g/mol. The van der Waals surface area contributed by atoms with Gasteiger partial charge >= 0.3 is 0 Å². The fraction of sp³-hybridized carbons (Fsp3) is 0.333. The lowest BCUT2D eigenvalue weighted by Gasteiger charge is -2.27. The van der Waals surface area contributed by atoms with Gasteiger partial charge in [0.05, 0.1) is 0 Å². The molecule has 0 heterocycles. The average molecular weight is 286 g/mol. The molecule has 0 fully saturated rings. The van der Waals surface area contributed by atoms with Gasteiger partial charge in [-0.2, -0.15) is 0 Å². The molecule has 0 radical (unpaired) electrons. The molecule has 3 nitrogen and oxygen atoms in total. The molecule has 0 aliphatic heterocycles. The third kappa shape index (κ3) is 2.56. The van der Waals surface area contributed by atoms with Crippen molar-refractivity contribution in [3.8, 4) is 28.4 Å². The van der Waals surface area contributed by atoms with Crippen LogP contribution < -0.4 is 0 Å². The van der Waals surface area contributed by atoms with Gasteiger partial charge in [-0.25, -0.2) is 0 Å². The van der Waals surface area contributed by atoms with E-state index in [1.807, 2.05) is 52.0 Å². The Morgan fingerprint density at radius 1 is 0.857 bits per heavy atom. The summed E-state index contributed by atoms with van der Waals surface area (Å²) in [6.45, 7) is 9.79. The van der Waals surface area contributed by atoms with Crippen LogP contribution >= 0.6 is 0 Å². The molecule has 0 amide bonds. The Balaban J connectivity index is 2.93. The quantitative estimate of drug-likeness (QED) is 0.682. The Labute approximate surface area is 125 Å². The minimum Gasteiger partial charge on any atom is -0.504 e. The molecule has 0 aliphatic carbocycles. The zero-order chi connectivity index (χ0) is 15.9. The summed E-state index contributed by atoms with van der Waals surface area (Å²) in [7, 11) is 0. The summed E-state index contributed by atoms with van der Waals surface area (Å²) in [5, 5.41) is 30.4. The number of benzene rings is 2. The smallest absolute Gasteiger partial charge is 0.201 e. The maximum atomic E-state index is 10.4. The second kappa shape index (κ2) is 4.99. The Hall–Kier alpha value is -2.16. The summed E-state index contributed by atoms with van der Waals surface area (Å²) in [6.07, 6.45) is 0. The molecule has 0 atom stereocenters. The van der Waals surface area contributed by atoms with Crippen LogP contribution in [0.25, 0.3) is 11.1 Å². The highest BCUT2D eigenvalue weighted by Gasteiger charge is 2.29. The number of hydrogen-bond donors (Lipinski definition) is 3. The number of rotatable bonds is 1. The third-order valence-electron chi connectivity index (χ3n) is 3.72. The highest BCUT2D eigenvalue weighted by molar-refractivity contribution is 5.82. The van der Waals surface area contributed by atoms with Gasteiger partial charge in [-0.05, 0) is 36.0 Å². The van der Waals surface area contributed by atoms with Gasteiger partial charge in [0.1, 0.15) is 0 Å². The zero-order valence-electron chi connectivity index (χ0n) is 13.2. The van der Waals surface area contributed by atoms with Crippen molar-refractivity contribution in [1.82, 2.24) is 0 Å². The summed E-state index contributed by atoms with van der Waals surface area (Å²) in [5.41, 5.74) is 3.62. The fourth-order valence-electron chi connectivity index (χ4n) is 2.85. The summed E-state index contributed by atoms with van der Waals surface area (Å²) >= 11 is 0. The Bertz CT molecular complexity index is 695. The third-order valence-corrected chi connectivity index (χ3v) is 3.72.